The topological polar surface area (TPSA) is 41.6 Å². The van der Waals surface area contributed by atoms with Crippen LogP contribution in [0.3, 0.4) is 0 Å². The molecule has 0 aromatic carbocycles. The molecule has 4 saturated carbocycles. The third kappa shape index (κ3) is 3.83. The van der Waals surface area contributed by atoms with Gasteiger partial charge in [0, 0.05) is 30.9 Å². The molecular weight excluding hydrogens is 356 g/mol. The first-order valence-electron chi connectivity index (χ1n) is 10.8. The lowest BCUT2D eigenvalue weighted by Gasteiger charge is -2.56. The van der Waals surface area contributed by atoms with Crippen molar-refractivity contribution in [1.82, 2.24) is 10.2 Å². The number of amides is 1. The van der Waals surface area contributed by atoms with Gasteiger partial charge in [0.2, 0.25) is 5.91 Å². The van der Waals surface area contributed by atoms with Crippen molar-refractivity contribution < 1.29 is 9.53 Å². The van der Waals surface area contributed by atoms with Gasteiger partial charge in [-0.1, -0.05) is 6.07 Å². The third-order valence-electron chi connectivity index (χ3n) is 7.55. The number of nitrogens with one attached hydrogen (secondary N) is 1. The van der Waals surface area contributed by atoms with Gasteiger partial charge < -0.3 is 10.1 Å². The predicted molar refractivity (Wildman–Crippen MR) is 108 cm³/mol. The zero-order chi connectivity index (χ0) is 18.3. The Labute approximate surface area is 166 Å². The first-order valence-corrected chi connectivity index (χ1v) is 11.7. The number of morpholine rings is 1. The maximum atomic E-state index is 12.9. The number of nitrogens with zero attached hydrogens (tertiary/aromatic N) is 1. The molecule has 148 valence electrons. The maximum absolute atomic E-state index is 12.9. The van der Waals surface area contributed by atoms with Crippen LogP contribution >= 0.6 is 11.3 Å². The Balaban J connectivity index is 1.21. The van der Waals surface area contributed by atoms with Crippen molar-refractivity contribution in [3.63, 3.8) is 0 Å². The van der Waals surface area contributed by atoms with Crippen LogP contribution < -0.4 is 5.32 Å². The summed E-state index contributed by atoms with van der Waals surface area (Å²) in [6, 6.07) is 4.61. The number of thiophene rings is 1. The summed E-state index contributed by atoms with van der Waals surface area (Å²) in [6.07, 6.45) is 9.02. The summed E-state index contributed by atoms with van der Waals surface area (Å²) in [6.45, 7) is 4.22. The maximum Gasteiger partial charge on any atom is 0.220 e. The van der Waals surface area contributed by atoms with E-state index in [-0.39, 0.29) is 11.9 Å². The molecule has 4 bridgehead atoms. The van der Waals surface area contributed by atoms with Gasteiger partial charge in [0.15, 0.2) is 0 Å². The van der Waals surface area contributed by atoms with E-state index in [1.807, 2.05) is 0 Å². The molecule has 4 nitrogen and oxygen atoms in total. The van der Waals surface area contributed by atoms with Crippen LogP contribution in [0.15, 0.2) is 17.5 Å². The van der Waals surface area contributed by atoms with Gasteiger partial charge in [-0.25, -0.2) is 0 Å². The van der Waals surface area contributed by atoms with Crippen molar-refractivity contribution in [3.8, 4) is 0 Å². The van der Waals surface area contributed by atoms with Gasteiger partial charge in [0.1, 0.15) is 0 Å². The van der Waals surface area contributed by atoms with Crippen LogP contribution in [0.25, 0.3) is 0 Å². The van der Waals surface area contributed by atoms with Crippen molar-refractivity contribution in [1.29, 1.82) is 0 Å². The molecule has 1 aromatic rings. The van der Waals surface area contributed by atoms with Crippen LogP contribution in [-0.4, -0.2) is 43.7 Å². The molecular formula is C22H32N2O2S. The van der Waals surface area contributed by atoms with E-state index < -0.39 is 0 Å². The van der Waals surface area contributed by atoms with Crippen LogP contribution in [0, 0.1) is 23.2 Å². The highest BCUT2D eigenvalue weighted by Gasteiger charge is 2.51. The Morgan fingerprint density at radius 2 is 1.85 bits per heavy atom. The van der Waals surface area contributed by atoms with E-state index in [1.54, 1.807) is 11.3 Å². The fourth-order valence-electron chi connectivity index (χ4n) is 6.90. The molecule has 4 aliphatic carbocycles. The average Bonchev–Trinajstić information content (AvgIpc) is 3.15. The van der Waals surface area contributed by atoms with Gasteiger partial charge in [0.05, 0.1) is 19.3 Å². The Morgan fingerprint density at radius 3 is 2.44 bits per heavy atom. The number of rotatable bonds is 6. The average molecular weight is 389 g/mol. The van der Waals surface area contributed by atoms with Crippen molar-refractivity contribution >= 4 is 17.2 Å². The van der Waals surface area contributed by atoms with Gasteiger partial charge >= 0.3 is 0 Å². The second kappa shape index (κ2) is 7.49. The lowest BCUT2D eigenvalue weighted by molar-refractivity contribution is -0.129. The number of hydrogen-bond acceptors (Lipinski definition) is 4. The minimum atomic E-state index is 0.284. The number of carbonyl (C=O) groups is 1. The number of carbonyl (C=O) groups excluding carboxylic acids is 1. The molecule has 5 fully saturated rings. The predicted octanol–water partition coefficient (Wildman–Crippen LogP) is 3.84. The lowest BCUT2D eigenvalue weighted by Crippen LogP contribution is -2.49. The van der Waals surface area contributed by atoms with E-state index in [1.165, 1.54) is 43.4 Å². The summed E-state index contributed by atoms with van der Waals surface area (Å²) < 4.78 is 5.53. The fourth-order valence-corrected chi connectivity index (χ4v) is 7.76. The van der Waals surface area contributed by atoms with Crippen LogP contribution in [-0.2, 0) is 9.53 Å². The van der Waals surface area contributed by atoms with Gasteiger partial charge in [-0.3, -0.25) is 9.69 Å². The minimum Gasteiger partial charge on any atom is -0.379 e. The van der Waals surface area contributed by atoms with Crippen LogP contribution in [0.1, 0.15) is 55.9 Å². The summed E-state index contributed by atoms with van der Waals surface area (Å²) in [5.41, 5.74) is 0.330. The molecule has 6 rings (SSSR count). The Kier molecular flexibility index (Phi) is 5.03. The first kappa shape index (κ1) is 18.1. The summed E-state index contributed by atoms with van der Waals surface area (Å²) in [7, 11) is 0. The zero-order valence-corrected chi connectivity index (χ0v) is 17.0. The van der Waals surface area contributed by atoms with E-state index in [0.29, 0.717) is 5.41 Å². The fraction of sp³-hybridized carbons (Fsp3) is 0.773. The Morgan fingerprint density at radius 1 is 1.19 bits per heavy atom. The molecule has 5 heteroatoms. The molecule has 1 aromatic heterocycles. The van der Waals surface area contributed by atoms with Gasteiger partial charge in [-0.05, 0) is 73.1 Å². The first-order chi connectivity index (χ1) is 13.2. The van der Waals surface area contributed by atoms with Crippen molar-refractivity contribution in [2.75, 3.05) is 32.8 Å². The molecule has 1 saturated heterocycles. The van der Waals surface area contributed by atoms with Crippen LogP contribution in [0.5, 0.6) is 0 Å². The smallest absolute Gasteiger partial charge is 0.220 e. The van der Waals surface area contributed by atoms with E-state index in [9.17, 15) is 4.79 Å². The summed E-state index contributed by atoms with van der Waals surface area (Å²) >= 11 is 1.80. The van der Waals surface area contributed by atoms with Crippen LogP contribution in [0.4, 0.5) is 0 Å². The largest absolute Gasteiger partial charge is 0.379 e. The van der Waals surface area contributed by atoms with E-state index in [2.05, 4.69) is 27.7 Å². The van der Waals surface area contributed by atoms with Crippen molar-refractivity contribution in [2.45, 2.75) is 51.0 Å². The quantitative estimate of drug-likeness (QED) is 0.805. The molecule has 5 aliphatic rings. The molecule has 1 N–H and O–H groups in total. The number of ether oxygens (including phenoxy) is 1. The highest BCUT2D eigenvalue weighted by molar-refractivity contribution is 7.10. The molecule has 1 aliphatic heterocycles. The minimum absolute atomic E-state index is 0.284. The summed E-state index contributed by atoms with van der Waals surface area (Å²) in [5.74, 6) is 3.02. The zero-order valence-electron chi connectivity index (χ0n) is 16.2. The molecule has 1 atom stereocenters. The monoisotopic (exact) mass is 388 g/mol. The number of hydrogen-bond donors (Lipinski definition) is 1. The van der Waals surface area contributed by atoms with Gasteiger partial charge in [-0.2, -0.15) is 0 Å². The molecule has 27 heavy (non-hydrogen) atoms. The van der Waals surface area contributed by atoms with E-state index in [0.717, 1.165) is 57.0 Å². The standard InChI is InChI=1S/C22H32N2O2S/c25-21(14-22-11-16-8-17(12-22)10-18(9-16)13-22)23-15-19(20-2-1-7-27-20)24-3-5-26-6-4-24/h1-2,7,16-19H,3-6,8-15H2,(H,23,25)/t16?,17?,18?,19-,22?/m1/s1. The lowest BCUT2D eigenvalue weighted by atomic mass is 9.49. The van der Waals surface area contributed by atoms with Crippen LogP contribution in [0.2, 0.25) is 0 Å². The van der Waals surface area contributed by atoms with Crippen molar-refractivity contribution in [3.05, 3.63) is 22.4 Å². The van der Waals surface area contributed by atoms with Gasteiger partial charge in [-0.15, -0.1) is 11.3 Å². The third-order valence-corrected chi connectivity index (χ3v) is 8.52. The second-order valence-electron chi connectivity index (χ2n) is 9.58. The molecule has 0 spiro atoms. The van der Waals surface area contributed by atoms with Crippen molar-refractivity contribution in [2.24, 2.45) is 23.2 Å². The normalized spacial score (nSPS) is 36.7. The Bertz CT molecular complexity index is 618. The van der Waals surface area contributed by atoms with E-state index >= 15 is 0 Å². The highest BCUT2D eigenvalue weighted by Crippen LogP contribution is 2.61. The molecule has 1 amide bonds. The second-order valence-corrected chi connectivity index (χ2v) is 10.6. The molecule has 0 radical (unpaired) electrons. The van der Waals surface area contributed by atoms with Gasteiger partial charge in [0.25, 0.3) is 0 Å². The summed E-state index contributed by atoms with van der Waals surface area (Å²) in [5, 5.41) is 5.47. The molecule has 0 unspecified atom stereocenters. The Hall–Kier alpha value is -0.910. The SMILES string of the molecule is O=C(CC12CC3CC(CC(C3)C1)C2)NC[C@H](c1cccs1)N1CCOCC1. The summed E-state index contributed by atoms with van der Waals surface area (Å²) in [4.78, 5) is 16.8. The van der Waals surface area contributed by atoms with E-state index in [4.69, 9.17) is 4.74 Å². The highest BCUT2D eigenvalue weighted by atomic mass is 32.1. The molecule has 2 heterocycles.